The quantitative estimate of drug-likeness (QED) is 0.697. The monoisotopic (exact) mass is 389 g/mol. The van der Waals surface area contributed by atoms with Crippen molar-refractivity contribution < 1.29 is 37.1 Å². The van der Waals surface area contributed by atoms with Gasteiger partial charge in [-0.1, -0.05) is 30.3 Å². The summed E-state index contributed by atoms with van der Waals surface area (Å²) in [6.45, 7) is 3.43. The molecule has 9 heteroatoms. The average molecular weight is 389 g/mol. The minimum absolute atomic E-state index is 0.0488. The smallest absolute Gasteiger partial charge is 0.420 e. The molecule has 0 amide bonds. The van der Waals surface area contributed by atoms with Crippen molar-refractivity contribution >= 4 is 11.9 Å². The number of ether oxygens (including phenoxy) is 2. The standard InChI is InChI=1S/C18H22F3NO5/c1-4-25-15(23)13-14(16(24)26-5-2)22(11-12-9-7-6-8-10-12)27-17(13,3)18(19,20)21/h6-10,13-14H,4-5,11H2,1-3H3/t13-,14-,17+/m0/s1. The lowest BCUT2D eigenvalue weighted by Crippen LogP contribution is -2.53. The second-order valence-corrected chi connectivity index (χ2v) is 6.18. The molecule has 0 radical (unpaired) electrons. The van der Waals surface area contributed by atoms with Crippen LogP contribution in [0.15, 0.2) is 30.3 Å². The highest BCUT2D eigenvalue weighted by Crippen LogP contribution is 2.48. The highest BCUT2D eigenvalue weighted by molar-refractivity contribution is 5.86. The Morgan fingerprint density at radius 1 is 1.11 bits per heavy atom. The Morgan fingerprint density at radius 3 is 2.19 bits per heavy atom. The van der Waals surface area contributed by atoms with Crippen molar-refractivity contribution in [3.8, 4) is 0 Å². The van der Waals surface area contributed by atoms with E-state index in [1.165, 1.54) is 13.8 Å². The molecule has 0 bridgehead atoms. The van der Waals surface area contributed by atoms with Gasteiger partial charge >= 0.3 is 18.1 Å². The molecule has 1 aromatic rings. The van der Waals surface area contributed by atoms with Crippen molar-refractivity contribution in [1.82, 2.24) is 5.06 Å². The molecule has 0 saturated carbocycles. The summed E-state index contributed by atoms with van der Waals surface area (Å²) in [6.07, 6.45) is -4.92. The van der Waals surface area contributed by atoms with Gasteiger partial charge in [-0.05, 0) is 26.3 Å². The zero-order valence-electron chi connectivity index (χ0n) is 15.3. The molecule has 0 N–H and O–H groups in total. The van der Waals surface area contributed by atoms with Crippen LogP contribution in [0, 0.1) is 5.92 Å². The fourth-order valence-electron chi connectivity index (χ4n) is 3.01. The maximum atomic E-state index is 13.8. The number of alkyl halides is 3. The van der Waals surface area contributed by atoms with Gasteiger partial charge in [-0.15, -0.1) is 0 Å². The molecule has 1 saturated heterocycles. The first kappa shape index (κ1) is 21.2. The Bertz CT molecular complexity index is 667. The van der Waals surface area contributed by atoms with Crippen LogP contribution in [0.1, 0.15) is 26.3 Å². The Morgan fingerprint density at radius 2 is 1.67 bits per heavy atom. The average Bonchev–Trinajstić information content (AvgIpc) is 2.89. The number of carbonyl (C=O) groups excluding carboxylic acids is 2. The van der Waals surface area contributed by atoms with Crippen LogP contribution in [0.3, 0.4) is 0 Å². The number of halogens is 3. The lowest BCUT2D eigenvalue weighted by molar-refractivity contribution is -0.322. The van der Waals surface area contributed by atoms with Gasteiger partial charge in [-0.3, -0.25) is 14.4 Å². The number of carbonyl (C=O) groups is 2. The van der Waals surface area contributed by atoms with Crippen molar-refractivity contribution in [2.75, 3.05) is 13.2 Å². The summed E-state index contributed by atoms with van der Waals surface area (Å²) in [7, 11) is 0. The van der Waals surface area contributed by atoms with E-state index in [1.807, 2.05) is 0 Å². The van der Waals surface area contributed by atoms with Gasteiger partial charge in [0.1, 0.15) is 12.0 Å². The summed E-state index contributed by atoms with van der Waals surface area (Å²) in [5.41, 5.74) is -2.31. The van der Waals surface area contributed by atoms with Crippen LogP contribution in [-0.4, -0.2) is 48.0 Å². The highest BCUT2D eigenvalue weighted by Gasteiger charge is 2.70. The van der Waals surface area contributed by atoms with E-state index < -0.39 is 35.7 Å². The van der Waals surface area contributed by atoms with Gasteiger partial charge in [0.05, 0.1) is 19.8 Å². The van der Waals surface area contributed by atoms with Gasteiger partial charge in [-0.2, -0.15) is 18.2 Å². The van der Waals surface area contributed by atoms with E-state index >= 15 is 0 Å². The number of benzene rings is 1. The first-order chi connectivity index (χ1) is 12.7. The van der Waals surface area contributed by atoms with E-state index in [1.54, 1.807) is 30.3 Å². The molecule has 3 atom stereocenters. The third kappa shape index (κ3) is 4.24. The summed E-state index contributed by atoms with van der Waals surface area (Å²) in [5, 5.41) is 0.863. The van der Waals surface area contributed by atoms with Gasteiger partial charge < -0.3 is 9.47 Å². The van der Waals surface area contributed by atoms with E-state index in [0.717, 1.165) is 12.0 Å². The molecule has 0 spiro atoms. The second-order valence-electron chi connectivity index (χ2n) is 6.18. The second kappa shape index (κ2) is 8.26. The Hall–Kier alpha value is -2.13. The van der Waals surface area contributed by atoms with Crippen molar-refractivity contribution in [3.63, 3.8) is 0 Å². The topological polar surface area (TPSA) is 65.1 Å². The first-order valence-corrected chi connectivity index (χ1v) is 8.55. The predicted molar refractivity (Wildman–Crippen MR) is 88.1 cm³/mol. The maximum Gasteiger partial charge on any atom is 0.420 e. The maximum absolute atomic E-state index is 13.8. The van der Waals surface area contributed by atoms with Gasteiger partial charge in [-0.25, -0.2) is 0 Å². The molecular weight excluding hydrogens is 367 g/mol. The summed E-state index contributed by atoms with van der Waals surface area (Å²) in [6, 6.07) is 6.92. The molecule has 1 aliphatic heterocycles. The Kier molecular flexibility index (Phi) is 6.48. The SMILES string of the molecule is CCOC(=O)[C@@H]1[C@@H](C(=O)OCC)[C@](C)(C(F)(F)F)ON1Cc1ccccc1. The van der Waals surface area contributed by atoms with Gasteiger partial charge in [0.25, 0.3) is 0 Å². The summed E-state index contributed by atoms with van der Waals surface area (Å²) >= 11 is 0. The Balaban J connectivity index is 2.48. The lowest BCUT2D eigenvalue weighted by atomic mass is 9.83. The molecule has 1 aliphatic rings. The normalized spacial score (nSPS) is 26.0. The fraction of sp³-hybridized carbons (Fsp3) is 0.556. The van der Waals surface area contributed by atoms with Gasteiger partial charge in [0, 0.05) is 0 Å². The molecule has 6 nitrogen and oxygen atoms in total. The number of hydrogen-bond acceptors (Lipinski definition) is 6. The van der Waals surface area contributed by atoms with Crippen molar-refractivity contribution in [2.24, 2.45) is 5.92 Å². The first-order valence-electron chi connectivity index (χ1n) is 8.55. The minimum atomic E-state index is -4.92. The minimum Gasteiger partial charge on any atom is -0.466 e. The molecule has 0 aliphatic carbocycles. The van der Waals surface area contributed by atoms with Crippen molar-refractivity contribution in [3.05, 3.63) is 35.9 Å². The van der Waals surface area contributed by atoms with Gasteiger partial charge in [0.2, 0.25) is 0 Å². The molecule has 2 rings (SSSR count). The Labute approximate surface area is 155 Å². The summed E-state index contributed by atoms with van der Waals surface area (Å²) in [5.74, 6) is -4.05. The molecule has 1 heterocycles. The molecule has 27 heavy (non-hydrogen) atoms. The van der Waals surface area contributed by atoms with Crippen LogP contribution < -0.4 is 0 Å². The fourth-order valence-corrected chi connectivity index (χ4v) is 3.01. The van der Waals surface area contributed by atoms with E-state index in [0.29, 0.717) is 5.56 Å². The third-order valence-corrected chi connectivity index (χ3v) is 4.34. The zero-order valence-corrected chi connectivity index (χ0v) is 15.3. The molecule has 0 aromatic heterocycles. The molecule has 1 fully saturated rings. The molecule has 0 unspecified atom stereocenters. The molecular formula is C18H22F3NO5. The molecule has 1 aromatic carbocycles. The lowest BCUT2D eigenvalue weighted by Gasteiger charge is -2.30. The predicted octanol–water partition coefficient (Wildman–Crippen LogP) is 2.87. The van der Waals surface area contributed by atoms with E-state index in [4.69, 9.17) is 14.3 Å². The van der Waals surface area contributed by atoms with Crippen molar-refractivity contribution in [1.29, 1.82) is 0 Å². The van der Waals surface area contributed by atoms with Gasteiger partial charge in [0.15, 0.2) is 5.60 Å². The van der Waals surface area contributed by atoms with Crippen LogP contribution in [-0.2, 0) is 30.4 Å². The number of hydroxylamine groups is 2. The van der Waals surface area contributed by atoms with Crippen molar-refractivity contribution in [2.45, 2.75) is 45.1 Å². The third-order valence-electron chi connectivity index (χ3n) is 4.34. The molecule has 150 valence electrons. The van der Waals surface area contributed by atoms with E-state index in [2.05, 4.69) is 0 Å². The van der Waals surface area contributed by atoms with E-state index in [9.17, 15) is 22.8 Å². The summed E-state index contributed by atoms with van der Waals surface area (Å²) in [4.78, 5) is 30.0. The van der Waals surface area contributed by atoms with Crippen LogP contribution in [0.5, 0.6) is 0 Å². The summed E-state index contributed by atoms with van der Waals surface area (Å²) < 4.78 is 51.2. The number of esters is 2. The van der Waals surface area contributed by atoms with E-state index in [-0.39, 0.29) is 19.8 Å². The van der Waals surface area contributed by atoms with Crippen LogP contribution in [0.25, 0.3) is 0 Å². The number of hydrogen-bond donors (Lipinski definition) is 0. The number of nitrogens with zero attached hydrogens (tertiary/aromatic N) is 1. The zero-order chi connectivity index (χ0) is 20.2. The van der Waals surface area contributed by atoms with Crippen LogP contribution in [0.2, 0.25) is 0 Å². The largest absolute Gasteiger partial charge is 0.466 e. The number of rotatable bonds is 6. The highest BCUT2D eigenvalue weighted by atomic mass is 19.4. The van der Waals surface area contributed by atoms with Crippen LogP contribution >= 0.6 is 0 Å². The van der Waals surface area contributed by atoms with Crippen LogP contribution in [0.4, 0.5) is 13.2 Å².